The number of aromatic nitrogens is 3. The number of H-pyrrole nitrogens is 1. The van der Waals surface area contributed by atoms with E-state index in [2.05, 4.69) is 31.3 Å². The molecule has 74 valence electrons. The third-order valence-electron chi connectivity index (χ3n) is 1.71. The molecule has 0 amide bonds. The molecule has 0 aromatic carbocycles. The average molecular weight is 260 g/mol. The molecule has 1 N–H and O–H groups in total. The van der Waals surface area contributed by atoms with Crippen molar-refractivity contribution in [2.75, 3.05) is 7.11 Å². The summed E-state index contributed by atoms with van der Waals surface area (Å²) in [7, 11) is 1.52. The van der Waals surface area contributed by atoms with Crippen LogP contribution in [-0.4, -0.2) is 22.5 Å². The van der Waals surface area contributed by atoms with Gasteiger partial charge in [0.25, 0.3) is 5.56 Å². The van der Waals surface area contributed by atoms with Crippen LogP contribution >= 0.6 is 15.9 Å². The number of hydrogen-bond acceptors (Lipinski definition) is 5. The van der Waals surface area contributed by atoms with Crippen LogP contribution in [0.5, 0.6) is 0 Å². The summed E-state index contributed by atoms with van der Waals surface area (Å²) < 4.78 is 10.3. The van der Waals surface area contributed by atoms with Gasteiger partial charge < -0.3 is 9.26 Å². The van der Waals surface area contributed by atoms with Gasteiger partial charge in [0.15, 0.2) is 4.60 Å². The van der Waals surface area contributed by atoms with Crippen LogP contribution in [0, 0.1) is 0 Å². The van der Waals surface area contributed by atoms with Gasteiger partial charge in [-0.1, -0.05) is 5.16 Å². The predicted octanol–water partition coefficient (Wildman–Crippen LogP) is 0.820. The maximum absolute atomic E-state index is 11.4. The zero-order valence-electron chi connectivity index (χ0n) is 7.20. The van der Waals surface area contributed by atoms with Crippen molar-refractivity contribution in [3.8, 4) is 0 Å². The van der Waals surface area contributed by atoms with Crippen molar-refractivity contribution in [1.82, 2.24) is 15.4 Å². The van der Waals surface area contributed by atoms with Crippen molar-refractivity contribution in [1.29, 1.82) is 0 Å². The SMILES string of the molecule is COCc1noc2c(Br)n[nH]c(=O)c12. The van der Waals surface area contributed by atoms with Crippen LogP contribution < -0.4 is 5.56 Å². The highest BCUT2D eigenvalue weighted by molar-refractivity contribution is 9.10. The molecular weight excluding hydrogens is 254 g/mol. The Hall–Kier alpha value is -1.21. The van der Waals surface area contributed by atoms with E-state index in [0.29, 0.717) is 21.3 Å². The molecule has 0 unspecified atom stereocenters. The molecule has 0 aliphatic rings. The Kier molecular flexibility index (Phi) is 2.34. The molecule has 2 aromatic heterocycles. The molecule has 0 aliphatic heterocycles. The van der Waals surface area contributed by atoms with E-state index in [1.54, 1.807) is 0 Å². The van der Waals surface area contributed by atoms with Crippen molar-refractivity contribution < 1.29 is 9.26 Å². The standard InChI is InChI=1S/C7H6BrN3O3/c1-13-2-3-4-5(14-11-3)6(8)9-10-7(4)12/h2H2,1H3,(H,10,12). The third kappa shape index (κ3) is 1.34. The molecule has 0 bridgehead atoms. The van der Waals surface area contributed by atoms with Gasteiger partial charge in [-0.25, -0.2) is 5.10 Å². The quantitative estimate of drug-likeness (QED) is 0.864. The number of methoxy groups -OCH3 is 1. The Morgan fingerprint density at radius 1 is 1.64 bits per heavy atom. The number of hydrogen-bond donors (Lipinski definition) is 1. The number of fused-ring (bicyclic) bond motifs is 1. The molecule has 0 fully saturated rings. The lowest BCUT2D eigenvalue weighted by Crippen LogP contribution is -2.09. The Labute approximate surface area is 86.4 Å². The molecule has 0 radical (unpaired) electrons. The fraction of sp³-hybridized carbons (Fsp3) is 0.286. The summed E-state index contributed by atoms with van der Waals surface area (Å²) in [6.45, 7) is 0.229. The van der Waals surface area contributed by atoms with Crippen LogP contribution in [0.4, 0.5) is 0 Å². The van der Waals surface area contributed by atoms with E-state index in [-0.39, 0.29) is 12.2 Å². The van der Waals surface area contributed by atoms with Gasteiger partial charge >= 0.3 is 0 Å². The molecule has 14 heavy (non-hydrogen) atoms. The van der Waals surface area contributed by atoms with Crippen LogP contribution in [0.1, 0.15) is 5.69 Å². The zero-order chi connectivity index (χ0) is 10.1. The average Bonchev–Trinajstić information content (AvgIpc) is 2.58. The first-order valence-corrected chi connectivity index (χ1v) is 4.54. The molecule has 2 rings (SSSR count). The number of ether oxygens (including phenoxy) is 1. The van der Waals surface area contributed by atoms with Crippen LogP contribution in [0.15, 0.2) is 13.9 Å². The number of nitrogens with one attached hydrogen (secondary N) is 1. The predicted molar refractivity (Wildman–Crippen MR) is 50.8 cm³/mol. The first kappa shape index (κ1) is 9.35. The lowest BCUT2D eigenvalue weighted by Gasteiger charge is -1.92. The van der Waals surface area contributed by atoms with Crippen LogP contribution in [-0.2, 0) is 11.3 Å². The summed E-state index contributed by atoms with van der Waals surface area (Å²) in [5.74, 6) is 0. The highest BCUT2D eigenvalue weighted by Gasteiger charge is 2.15. The van der Waals surface area contributed by atoms with E-state index >= 15 is 0 Å². The zero-order valence-corrected chi connectivity index (χ0v) is 8.79. The van der Waals surface area contributed by atoms with Crippen molar-refractivity contribution >= 4 is 26.9 Å². The fourth-order valence-corrected chi connectivity index (χ4v) is 1.50. The summed E-state index contributed by atoms with van der Waals surface area (Å²) in [4.78, 5) is 11.4. The second-order valence-corrected chi connectivity index (χ2v) is 3.36. The van der Waals surface area contributed by atoms with Gasteiger partial charge in [-0.2, -0.15) is 5.10 Å². The maximum Gasteiger partial charge on any atom is 0.277 e. The van der Waals surface area contributed by atoms with Gasteiger partial charge in [-0.3, -0.25) is 4.79 Å². The van der Waals surface area contributed by atoms with E-state index in [4.69, 9.17) is 9.26 Å². The second-order valence-electron chi connectivity index (χ2n) is 2.61. The monoisotopic (exact) mass is 259 g/mol. The van der Waals surface area contributed by atoms with E-state index in [1.165, 1.54) is 7.11 Å². The minimum Gasteiger partial charge on any atom is -0.378 e. The molecule has 0 aliphatic carbocycles. The highest BCUT2D eigenvalue weighted by Crippen LogP contribution is 2.20. The lowest BCUT2D eigenvalue weighted by atomic mass is 10.3. The molecule has 7 heteroatoms. The molecule has 6 nitrogen and oxygen atoms in total. The first-order chi connectivity index (χ1) is 6.74. The molecule has 0 saturated heterocycles. The number of nitrogens with zero attached hydrogens (tertiary/aromatic N) is 2. The largest absolute Gasteiger partial charge is 0.378 e. The number of aromatic amines is 1. The fourth-order valence-electron chi connectivity index (χ4n) is 1.14. The van der Waals surface area contributed by atoms with Gasteiger partial charge in [0.2, 0.25) is 5.58 Å². The molecule has 2 heterocycles. The number of halogens is 1. The van der Waals surface area contributed by atoms with Crippen LogP contribution in [0.3, 0.4) is 0 Å². The Bertz CT molecular complexity index is 518. The summed E-state index contributed by atoms with van der Waals surface area (Å²) in [5.41, 5.74) is 0.462. The molecule has 2 aromatic rings. The van der Waals surface area contributed by atoms with Crippen LogP contribution in [0.2, 0.25) is 0 Å². The second kappa shape index (κ2) is 3.50. The van der Waals surface area contributed by atoms with Crippen LogP contribution in [0.25, 0.3) is 11.0 Å². The lowest BCUT2D eigenvalue weighted by molar-refractivity contribution is 0.178. The molecule has 0 atom stereocenters. The van der Waals surface area contributed by atoms with E-state index in [9.17, 15) is 4.79 Å². The molecule has 0 spiro atoms. The summed E-state index contributed by atoms with van der Waals surface area (Å²) in [6, 6.07) is 0. The summed E-state index contributed by atoms with van der Waals surface area (Å²) in [6.07, 6.45) is 0. The number of rotatable bonds is 2. The van der Waals surface area contributed by atoms with Crippen molar-refractivity contribution in [3.05, 3.63) is 20.7 Å². The first-order valence-electron chi connectivity index (χ1n) is 3.75. The Morgan fingerprint density at radius 2 is 2.43 bits per heavy atom. The Morgan fingerprint density at radius 3 is 3.14 bits per heavy atom. The minimum absolute atomic E-state index is 0.229. The highest BCUT2D eigenvalue weighted by atomic mass is 79.9. The van der Waals surface area contributed by atoms with Gasteiger partial charge in [-0.05, 0) is 15.9 Å². The van der Waals surface area contributed by atoms with Crippen molar-refractivity contribution in [2.24, 2.45) is 0 Å². The molecular formula is C7H6BrN3O3. The third-order valence-corrected chi connectivity index (χ3v) is 2.25. The topological polar surface area (TPSA) is 81.0 Å². The minimum atomic E-state index is -0.337. The Balaban J connectivity index is 2.77. The summed E-state index contributed by atoms with van der Waals surface area (Å²) in [5, 5.41) is 10.1. The normalized spacial score (nSPS) is 11.0. The van der Waals surface area contributed by atoms with Gasteiger partial charge in [-0.15, -0.1) is 0 Å². The van der Waals surface area contributed by atoms with Gasteiger partial charge in [0.05, 0.1) is 6.61 Å². The van der Waals surface area contributed by atoms with E-state index in [1.807, 2.05) is 0 Å². The maximum atomic E-state index is 11.4. The van der Waals surface area contributed by atoms with Gasteiger partial charge in [0, 0.05) is 7.11 Å². The summed E-state index contributed by atoms with van der Waals surface area (Å²) >= 11 is 3.14. The smallest absolute Gasteiger partial charge is 0.277 e. The van der Waals surface area contributed by atoms with E-state index < -0.39 is 0 Å². The van der Waals surface area contributed by atoms with Crippen molar-refractivity contribution in [3.63, 3.8) is 0 Å². The van der Waals surface area contributed by atoms with Crippen molar-refractivity contribution in [2.45, 2.75) is 6.61 Å². The van der Waals surface area contributed by atoms with E-state index in [0.717, 1.165) is 0 Å². The molecule has 0 saturated carbocycles. The van der Waals surface area contributed by atoms with Gasteiger partial charge in [0.1, 0.15) is 11.1 Å².